The van der Waals surface area contributed by atoms with Crippen molar-refractivity contribution in [2.24, 2.45) is 50.2 Å². The number of esters is 1. The number of fused-ring (bicyclic) bond motifs is 7. The third-order valence-corrected chi connectivity index (χ3v) is 17.2. The number of aliphatic hydroxyl groups is 8. The molecule has 15 nitrogen and oxygen atoms in total. The van der Waals surface area contributed by atoms with E-state index >= 15 is 0 Å². The van der Waals surface area contributed by atoms with Crippen LogP contribution in [0.5, 0.6) is 0 Å². The standard InChI is InChI=1S/C41H64O15/c1-36(34(50)51)12-14-41(35(52)56-33-31(49)29(47)28(46)23(17-42)54-33)15-13-39(4)20(21(41)16-36)6-7-25-37(2)10-9-26(55-32-30(48)27(45)22(44)18-53-32)38(3,19-43)24(37)8-11-40(25,39)5/h6,21-33,42-49H,7-19H2,1-5H3,(H,50,51)/t21?,22-,23+,24?,25?,26?,27-,28+,29-,30+,31+,32-,33-,36?,37?,38?,39?,40?,41?/m0/s1. The van der Waals surface area contributed by atoms with E-state index in [4.69, 9.17) is 18.9 Å². The highest BCUT2D eigenvalue weighted by atomic mass is 16.7. The van der Waals surface area contributed by atoms with Gasteiger partial charge in [-0.05, 0) is 105 Å². The number of aliphatic hydroxyl groups excluding tert-OH is 8. The van der Waals surface area contributed by atoms with Gasteiger partial charge in [-0.25, -0.2) is 0 Å². The summed E-state index contributed by atoms with van der Waals surface area (Å²) in [6.45, 7) is 9.64. The van der Waals surface area contributed by atoms with E-state index in [9.17, 15) is 55.5 Å². The topological polar surface area (TPSA) is 253 Å². The first kappa shape index (κ1) is 42.4. The van der Waals surface area contributed by atoms with E-state index in [1.807, 2.05) is 6.92 Å². The molecule has 4 saturated carbocycles. The Morgan fingerprint density at radius 3 is 2.14 bits per heavy atom. The maximum absolute atomic E-state index is 14.6. The number of carbonyl (C=O) groups is 2. The summed E-state index contributed by atoms with van der Waals surface area (Å²) < 4.78 is 23.5. The van der Waals surface area contributed by atoms with Crippen LogP contribution in [-0.2, 0) is 28.5 Å². The fourth-order valence-corrected chi connectivity index (χ4v) is 13.3. The smallest absolute Gasteiger partial charge is 0.315 e. The van der Waals surface area contributed by atoms with E-state index in [0.717, 1.165) is 24.8 Å². The van der Waals surface area contributed by atoms with Crippen LogP contribution in [0.2, 0.25) is 0 Å². The zero-order chi connectivity index (χ0) is 41.0. The number of carbonyl (C=O) groups excluding carboxylic acids is 1. The van der Waals surface area contributed by atoms with Crippen LogP contribution in [0.15, 0.2) is 11.6 Å². The van der Waals surface area contributed by atoms with Crippen molar-refractivity contribution in [3.63, 3.8) is 0 Å². The lowest BCUT2D eigenvalue weighted by Gasteiger charge is -2.71. The van der Waals surface area contributed by atoms with Crippen LogP contribution in [0, 0.1) is 50.2 Å². The Morgan fingerprint density at radius 1 is 0.804 bits per heavy atom. The number of aliphatic carboxylic acids is 1. The van der Waals surface area contributed by atoms with Crippen molar-refractivity contribution in [3.05, 3.63) is 11.6 Å². The van der Waals surface area contributed by atoms with Crippen LogP contribution in [0.1, 0.15) is 98.8 Å². The predicted molar refractivity (Wildman–Crippen MR) is 195 cm³/mol. The molecule has 2 heterocycles. The fraction of sp³-hybridized carbons (Fsp3) is 0.902. The molecule has 0 radical (unpaired) electrons. The van der Waals surface area contributed by atoms with Crippen LogP contribution in [0.25, 0.3) is 0 Å². The van der Waals surface area contributed by atoms with Gasteiger partial charge in [-0.1, -0.05) is 39.3 Å². The summed E-state index contributed by atoms with van der Waals surface area (Å²) in [6, 6.07) is 0. The van der Waals surface area contributed by atoms with Crippen LogP contribution >= 0.6 is 0 Å². The monoisotopic (exact) mass is 796 g/mol. The highest BCUT2D eigenvalue weighted by molar-refractivity contribution is 5.81. The van der Waals surface area contributed by atoms with E-state index in [1.165, 1.54) is 0 Å². The summed E-state index contributed by atoms with van der Waals surface area (Å²) in [7, 11) is 0. The minimum absolute atomic E-state index is 0.0211. The second kappa shape index (κ2) is 14.5. The maximum Gasteiger partial charge on any atom is 0.315 e. The number of carboxylic acid groups (broad SMARTS) is 1. The Labute approximate surface area is 328 Å². The molecule has 0 aromatic rings. The summed E-state index contributed by atoms with van der Waals surface area (Å²) in [6.07, 6.45) is -6.21. The molecule has 318 valence electrons. The molecular formula is C41H64O15. The highest BCUT2D eigenvalue weighted by Gasteiger charge is 2.71. The molecular weight excluding hydrogens is 732 g/mol. The minimum Gasteiger partial charge on any atom is -0.481 e. The van der Waals surface area contributed by atoms with Crippen molar-refractivity contribution in [2.75, 3.05) is 19.8 Å². The maximum atomic E-state index is 14.6. The molecule has 15 heteroatoms. The molecule has 5 aliphatic carbocycles. The average molecular weight is 797 g/mol. The van der Waals surface area contributed by atoms with Crippen LogP contribution in [0.4, 0.5) is 0 Å². The van der Waals surface area contributed by atoms with Crippen molar-refractivity contribution in [2.45, 2.75) is 160 Å². The first-order valence-corrected chi connectivity index (χ1v) is 20.5. The number of allylic oxidation sites excluding steroid dienone is 2. The molecule has 7 rings (SSSR count). The van der Waals surface area contributed by atoms with Gasteiger partial charge in [-0.3, -0.25) is 9.59 Å². The number of rotatable bonds is 7. The summed E-state index contributed by atoms with van der Waals surface area (Å²) in [5, 5.41) is 93.9. The Morgan fingerprint density at radius 2 is 1.48 bits per heavy atom. The normalized spacial score (nSPS) is 54.4. The molecule has 10 unspecified atom stereocenters. The molecule has 9 N–H and O–H groups in total. The lowest BCUT2D eigenvalue weighted by atomic mass is 9.33. The molecule has 0 aromatic heterocycles. The summed E-state index contributed by atoms with van der Waals surface area (Å²) >= 11 is 0. The van der Waals surface area contributed by atoms with E-state index in [2.05, 4.69) is 26.8 Å². The zero-order valence-electron chi connectivity index (χ0n) is 33.2. The number of hydrogen-bond donors (Lipinski definition) is 9. The quantitative estimate of drug-likeness (QED) is 0.0990. The third kappa shape index (κ3) is 6.00. The molecule has 0 amide bonds. The van der Waals surface area contributed by atoms with Crippen molar-refractivity contribution < 1.29 is 74.5 Å². The minimum atomic E-state index is -1.76. The van der Waals surface area contributed by atoms with Gasteiger partial charge >= 0.3 is 11.9 Å². The van der Waals surface area contributed by atoms with Crippen molar-refractivity contribution >= 4 is 11.9 Å². The molecule has 56 heavy (non-hydrogen) atoms. The van der Waals surface area contributed by atoms with Gasteiger partial charge in [0.25, 0.3) is 0 Å². The van der Waals surface area contributed by atoms with Crippen molar-refractivity contribution in [3.8, 4) is 0 Å². The van der Waals surface area contributed by atoms with Gasteiger partial charge < -0.3 is 64.9 Å². The SMILES string of the molecule is CC1(C(=O)O)CCC2(C(=O)O[C@@H]3O[C@H](CO)[C@@H](O)[C@H](O)[C@H]3O)CCC3(C)C(=CCC4C5(C)CCC(O[C@@H]6OC[C@H](O)[C@H](O)[C@H]6O)C(C)(CO)C5CCC43C)C2C1. The van der Waals surface area contributed by atoms with E-state index in [0.29, 0.717) is 25.7 Å². The zero-order valence-corrected chi connectivity index (χ0v) is 33.2. The summed E-state index contributed by atoms with van der Waals surface area (Å²) in [4.78, 5) is 27.4. The van der Waals surface area contributed by atoms with Crippen LogP contribution < -0.4 is 0 Å². The molecule has 0 spiro atoms. The first-order chi connectivity index (χ1) is 26.2. The van der Waals surface area contributed by atoms with Gasteiger partial charge in [0.2, 0.25) is 6.29 Å². The van der Waals surface area contributed by atoms with E-state index < -0.39 is 108 Å². The number of hydrogen-bond acceptors (Lipinski definition) is 14. The number of ether oxygens (including phenoxy) is 4. The highest BCUT2D eigenvalue weighted by Crippen LogP contribution is 2.76. The van der Waals surface area contributed by atoms with Gasteiger partial charge in [0, 0.05) is 5.41 Å². The Kier molecular flexibility index (Phi) is 10.9. The lowest BCUT2D eigenvalue weighted by Crippen LogP contribution is -2.67. The average Bonchev–Trinajstić information content (AvgIpc) is 3.16. The van der Waals surface area contributed by atoms with E-state index in [-0.39, 0.29) is 55.1 Å². The van der Waals surface area contributed by atoms with Gasteiger partial charge in [-0.15, -0.1) is 0 Å². The molecule has 2 saturated heterocycles. The van der Waals surface area contributed by atoms with Crippen LogP contribution in [-0.4, -0.2) is 139 Å². The van der Waals surface area contributed by atoms with Gasteiger partial charge in [0.1, 0.15) is 42.7 Å². The van der Waals surface area contributed by atoms with Gasteiger partial charge in [-0.2, -0.15) is 0 Å². The third-order valence-electron chi connectivity index (χ3n) is 17.2. The van der Waals surface area contributed by atoms with Gasteiger partial charge in [0.15, 0.2) is 6.29 Å². The van der Waals surface area contributed by atoms with Crippen molar-refractivity contribution in [1.82, 2.24) is 0 Å². The largest absolute Gasteiger partial charge is 0.481 e. The Bertz CT molecular complexity index is 1560. The lowest BCUT2D eigenvalue weighted by molar-refractivity contribution is -0.312. The molecule has 2 aliphatic heterocycles. The summed E-state index contributed by atoms with van der Waals surface area (Å²) in [5.74, 6) is -1.91. The van der Waals surface area contributed by atoms with E-state index in [1.54, 1.807) is 6.92 Å². The second-order valence-corrected chi connectivity index (χ2v) is 19.8. The number of carboxylic acids is 1. The molecule has 0 aromatic carbocycles. The molecule has 6 fully saturated rings. The van der Waals surface area contributed by atoms with Gasteiger partial charge in [0.05, 0.1) is 36.8 Å². The Balaban J connectivity index is 1.20. The van der Waals surface area contributed by atoms with Crippen LogP contribution in [0.3, 0.4) is 0 Å². The fourth-order valence-electron chi connectivity index (χ4n) is 13.3. The van der Waals surface area contributed by atoms with Crippen molar-refractivity contribution in [1.29, 1.82) is 0 Å². The predicted octanol–water partition coefficient (Wildman–Crippen LogP) is 0.993. The molecule has 0 bridgehead atoms. The first-order valence-electron chi connectivity index (χ1n) is 20.5. The molecule has 7 aliphatic rings. The second-order valence-electron chi connectivity index (χ2n) is 19.8. The Hall–Kier alpha value is -1.76. The molecule has 19 atom stereocenters. The summed E-state index contributed by atoms with van der Waals surface area (Å²) in [5.41, 5.74) is -2.87.